The second-order valence-corrected chi connectivity index (χ2v) is 9.17. The van der Waals surface area contributed by atoms with E-state index < -0.39 is 5.97 Å². The van der Waals surface area contributed by atoms with Crippen LogP contribution in [-0.4, -0.2) is 21.9 Å². The lowest BCUT2D eigenvalue weighted by Crippen LogP contribution is -2.36. The fourth-order valence-corrected chi connectivity index (χ4v) is 5.29. The number of carboxylic acids is 1. The van der Waals surface area contributed by atoms with Crippen molar-refractivity contribution in [2.24, 2.45) is 0 Å². The van der Waals surface area contributed by atoms with Gasteiger partial charge in [0, 0.05) is 45.8 Å². The molecule has 0 amide bonds. The molecule has 5 rings (SSSR count). The van der Waals surface area contributed by atoms with E-state index >= 15 is 0 Å². The van der Waals surface area contributed by atoms with E-state index in [1.807, 2.05) is 24.3 Å². The molecule has 0 unspecified atom stereocenters. The van der Waals surface area contributed by atoms with Crippen LogP contribution in [-0.2, 0) is 12.0 Å². The molecule has 1 aliphatic rings. The summed E-state index contributed by atoms with van der Waals surface area (Å²) < 4.78 is 16.9. The molecule has 1 aliphatic carbocycles. The predicted molar refractivity (Wildman–Crippen MR) is 133 cm³/mol. The summed E-state index contributed by atoms with van der Waals surface area (Å²) in [5.41, 5.74) is 4.75. The highest BCUT2D eigenvalue weighted by molar-refractivity contribution is 6.01. The maximum Gasteiger partial charge on any atom is 0.335 e. The van der Waals surface area contributed by atoms with Gasteiger partial charge >= 0.3 is 5.97 Å². The number of nitriles is 1. The van der Waals surface area contributed by atoms with Crippen LogP contribution in [0, 0.1) is 22.6 Å². The Kier molecular flexibility index (Phi) is 5.70. The number of fused-ring (bicyclic) bond motifs is 1. The number of hydrogen-bond donors (Lipinski definition) is 2. The van der Waals surface area contributed by atoms with E-state index in [9.17, 15) is 19.6 Å². The van der Waals surface area contributed by atoms with Gasteiger partial charge in [0.15, 0.2) is 0 Å². The highest BCUT2D eigenvalue weighted by Gasteiger charge is 2.43. The Bertz CT molecular complexity index is 1490. The predicted octanol–water partition coefficient (Wildman–Crippen LogP) is 6.53. The van der Waals surface area contributed by atoms with E-state index in [0.29, 0.717) is 18.5 Å². The molecule has 1 aromatic heterocycles. The largest absolute Gasteiger partial charge is 0.478 e. The summed E-state index contributed by atoms with van der Waals surface area (Å²) in [5, 5.41) is 27.8. The van der Waals surface area contributed by atoms with Crippen molar-refractivity contribution in [2.45, 2.75) is 37.6 Å². The van der Waals surface area contributed by atoms with E-state index in [1.54, 1.807) is 36.4 Å². The van der Waals surface area contributed by atoms with Crippen LogP contribution in [0.2, 0.25) is 0 Å². The first-order valence-electron chi connectivity index (χ1n) is 11.6. The molecule has 3 aromatic carbocycles. The smallest absolute Gasteiger partial charge is 0.335 e. The number of carbonyl (C=O) groups is 1. The molecule has 2 N–H and O–H groups in total. The molecule has 0 bridgehead atoms. The van der Waals surface area contributed by atoms with E-state index in [0.717, 1.165) is 52.5 Å². The van der Waals surface area contributed by atoms with Crippen LogP contribution < -0.4 is 0 Å². The maximum absolute atomic E-state index is 14.8. The molecule has 0 radical (unpaired) electrons. The molecule has 0 aliphatic heterocycles. The van der Waals surface area contributed by atoms with Gasteiger partial charge in [0.25, 0.3) is 0 Å². The lowest BCUT2D eigenvalue weighted by molar-refractivity contribution is 0.0697. The van der Waals surface area contributed by atoms with E-state index in [-0.39, 0.29) is 16.8 Å². The first-order valence-corrected chi connectivity index (χ1v) is 11.6. The average Bonchev–Trinajstić information content (AvgIpc) is 3.16. The Hall–Kier alpha value is -4.24. The third-order valence-electron chi connectivity index (χ3n) is 7.19. The molecule has 0 saturated heterocycles. The van der Waals surface area contributed by atoms with E-state index in [1.165, 1.54) is 12.3 Å². The van der Waals surface area contributed by atoms with Crippen LogP contribution in [0.15, 0.2) is 66.7 Å². The van der Waals surface area contributed by atoms with Crippen molar-refractivity contribution in [2.75, 3.05) is 0 Å². The van der Waals surface area contributed by atoms with Crippen LogP contribution in [0.1, 0.15) is 52.9 Å². The third kappa shape index (κ3) is 3.79. The van der Waals surface area contributed by atoms with Gasteiger partial charge in [-0.25, -0.2) is 9.18 Å². The Balaban J connectivity index is 1.85. The van der Waals surface area contributed by atoms with Crippen molar-refractivity contribution in [1.29, 1.82) is 10.7 Å². The normalized spacial score (nSPS) is 14.3. The summed E-state index contributed by atoms with van der Waals surface area (Å²) in [4.78, 5) is 11.4. The number of aromatic carboxylic acids is 1. The number of nitrogens with zero attached hydrogens (tertiary/aromatic N) is 2. The summed E-state index contributed by atoms with van der Waals surface area (Å²) in [6.45, 7) is 0.292. The van der Waals surface area contributed by atoms with Gasteiger partial charge in [-0.3, -0.25) is 0 Å². The van der Waals surface area contributed by atoms with Crippen molar-refractivity contribution in [3.05, 3.63) is 94.9 Å². The lowest BCUT2D eigenvalue weighted by Gasteiger charge is -2.42. The van der Waals surface area contributed by atoms with Crippen molar-refractivity contribution in [3.8, 4) is 17.2 Å². The Morgan fingerprint density at radius 3 is 2.49 bits per heavy atom. The first-order chi connectivity index (χ1) is 17.0. The fraction of sp³-hybridized carbons (Fsp3) is 0.207. The molecule has 35 heavy (non-hydrogen) atoms. The highest BCUT2D eigenvalue weighted by atomic mass is 19.1. The van der Waals surface area contributed by atoms with Crippen LogP contribution >= 0.6 is 0 Å². The third-order valence-corrected chi connectivity index (χ3v) is 7.19. The molecule has 1 heterocycles. The fourth-order valence-electron chi connectivity index (χ4n) is 5.29. The molecule has 0 atom stereocenters. The SMILES string of the molecule is N#CCC1(c2c(-c3ccc(C(=O)O)cc3)c3ccc(C=N)cc3n2Cc2ccccc2F)CCC1. The minimum Gasteiger partial charge on any atom is -0.478 e. The van der Waals surface area contributed by atoms with Crippen molar-refractivity contribution in [3.63, 3.8) is 0 Å². The molecule has 5 nitrogen and oxygen atoms in total. The molecule has 0 spiro atoms. The quantitative estimate of drug-likeness (QED) is 0.304. The second-order valence-electron chi connectivity index (χ2n) is 9.17. The standard InChI is InChI=1S/C29H24FN3O2/c30-24-5-2-1-4-22(24)18-33-25-16-19(17-32)6-11-23(25)26(20-7-9-21(10-8-20)28(34)35)27(33)29(14-15-31)12-3-13-29/h1-2,4-11,16-17,32H,3,12-14,18H2,(H,34,35). The number of carboxylic acid groups (broad SMARTS) is 1. The Labute approximate surface area is 202 Å². The molecule has 174 valence electrons. The van der Waals surface area contributed by atoms with Crippen LogP contribution in [0.5, 0.6) is 0 Å². The summed E-state index contributed by atoms with van der Waals surface area (Å²) in [6, 6.07) is 21.6. The van der Waals surface area contributed by atoms with E-state index in [4.69, 9.17) is 5.41 Å². The van der Waals surface area contributed by atoms with Gasteiger partial charge in [0.1, 0.15) is 5.82 Å². The molecular weight excluding hydrogens is 441 g/mol. The van der Waals surface area contributed by atoms with Gasteiger partial charge in [-0.15, -0.1) is 0 Å². The van der Waals surface area contributed by atoms with Gasteiger partial charge in [0.2, 0.25) is 0 Å². The van der Waals surface area contributed by atoms with Crippen LogP contribution in [0.4, 0.5) is 4.39 Å². The summed E-state index contributed by atoms with van der Waals surface area (Å²) >= 11 is 0. The Morgan fingerprint density at radius 1 is 1.14 bits per heavy atom. The van der Waals surface area contributed by atoms with Gasteiger partial charge in [-0.1, -0.05) is 48.9 Å². The first kappa shape index (κ1) is 22.5. The monoisotopic (exact) mass is 465 g/mol. The number of halogens is 1. The summed E-state index contributed by atoms with van der Waals surface area (Å²) in [5.74, 6) is -1.28. The minimum absolute atomic E-state index is 0.201. The lowest BCUT2D eigenvalue weighted by atomic mass is 9.63. The zero-order valence-corrected chi connectivity index (χ0v) is 19.1. The minimum atomic E-state index is -0.991. The summed E-state index contributed by atoms with van der Waals surface area (Å²) in [6.07, 6.45) is 4.34. The number of aromatic nitrogens is 1. The molecule has 1 fully saturated rings. The van der Waals surface area contributed by atoms with E-state index in [2.05, 4.69) is 10.6 Å². The zero-order chi connectivity index (χ0) is 24.6. The van der Waals surface area contributed by atoms with Crippen molar-refractivity contribution < 1.29 is 14.3 Å². The maximum atomic E-state index is 14.8. The number of rotatable bonds is 7. The van der Waals surface area contributed by atoms with Gasteiger partial charge in [0.05, 0.1) is 18.2 Å². The highest BCUT2D eigenvalue weighted by Crippen LogP contribution is 2.52. The zero-order valence-electron chi connectivity index (χ0n) is 19.1. The molecular formula is C29H24FN3O2. The number of nitrogens with one attached hydrogen (secondary N) is 1. The average molecular weight is 466 g/mol. The summed E-state index contributed by atoms with van der Waals surface area (Å²) in [7, 11) is 0. The van der Waals surface area contributed by atoms with Crippen LogP contribution in [0.25, 0.3) is 22.0 Å². The second kappa shape index (κ2) is 8.84. The molecule has 4 aromatic rings. The van der Waals surface area contributed by atoms with Crippen LogP contribution in [0.3, 0.4) is 0 Å². The number of hydrogen-bond acceptors (Lipinski definition) is 3. The van der Waals surface area contributed by atoms with Gasteiger partial charge in [-0.05, 0) is 48.2 Å². The van der Waals surface area contributed by atoms with Gasteiger partial charge < -0.3 is 15.1 Å². The molecule has 1 saturated carbocycles. The Morgan fingerprint density at radius 2 is 1.89 bits per heavy atom. The number of benzene rings is 3. The van der Waals surface area contributed by atoms with Crippen molar-refractivity contribution >= 4 is 23.1 Å². The van der Waals surface area contributed by atoms with Crippen molar-refractivity contribution in [1.82, 2.24) is 4.57 Å². The topological polar surface area (TPSA) is 89.9 Å². The van der Waals surface area contributed by atoms with Gasteiger partial charge in [-0.2, -0.15) is 5.26 Å². The molecule has 6 heteroatoms.